The van der Waals surface area contributed by atoms with Crippen molar-refractivity contribution in [2.45, 2.75) is 45.6 Å². The molecule has 1 aliphatic rings. The van der Waals surface area contributed by atoms with Gasteiger partial charge in [0.1, 0.15) is 6.10 Å². The van der Waals surface area contributed by atoms with E-state index in [0.717, 1.165) is 12.8 Å². The highest BCUT2D eigenvalue weighted by atomic mass is 16.5. The molecule has 6 heteroatoms. The largest absolute Gasteiger partial charge is 0.481 e. The van der Waals surface area contributed by atoms with Gasteiger partial charge in [-0.1, -0.05) is 13.3 Å². The minimum atomic E-state index is -0.906. The Labute approximate surface area is 119 Å². The highest BCUT2D eigenvalue weighted by Crippen LogP contribution is 2.30. The molecule has 1 fully saturated rings. The lowest BCUT2D eigenvalue weighted by Gasteiger charge is -2.33. The van der Waals surface area contributed by atoms with E-state index < -0.39 is 17.5 Å². The van der Waals surface area contributed by atoms with Crippen molar-refractivity contribution in [3.05, 3.63) is 0 Å². The Bertz CT molecular complexity index is 326. The van der Waals surface area contributed by atoms with Crippen LogP contribution in [0.5, 0.6) is 0 Å². The van der Waals surface area contributed by atoms with Crippen molar-refractivity contribution in [1.29, 1.82) is 0 Å². The molecule has 20 heavy (non-hydrogen) atoms. The first-order valence-corrected chi connectivity index (χ1v) is 7.22. The summed E-state index contributed by atoms with van der Waals surface area (Å²) in [5.41, 5.74) is -0.906. The van der Waals surface area contributed by atoms with Gasteiger partial charge in [-0.2, -0.15) is 0 Å². The third-order valence-electron chi connectivity index (χ3n) is 3.74. The standard InChI is InChI=1S/C14H25NO5/c1-3-4-7-20-11(2)12(16)15-10-14(13(17)18)5-8-19-9-6-14/h11H,3-10H2,1-2H3,(H,15,16)(H,17,18). The molecule has 0 aliphatic carbocycles. The number of aliphatic carboxylic acids is 1. The van der Waals surface area contributed by atoms with E-state index in [4.69, 9.17) is 9.47 Å². The maximum absolute atomic E-state index is 11.9. The number of rotatable bonds is 8. The molecule has 6 nitrogen and oxygen atoms in total. The number of hydrogen-bond donors (Lipinski definition) is 2. The lowest BCUT2D eigenvalue weighted by atomic mass is 9.80. The lowest BCUT2D eigenvalue weighted by Crippen LogP contribution is -2.48. The summed E-state index contributed by atoms with van der Waals surface area (Å²) in [5.74, 6) is -1.13. The van der Waals surface area contributed by atoms with Crippen LogP contribution in [0, 0.1) is 5.41 Å². The fourth-order valence-electron chi connectivity index (χ4n) is 2.11. The molecule has 0 aromatic rings. The summed E-state index contributed by atoms with van der Waals surface area (Å²) in [6.45, 7) is 5.25. The van der Waals surface area contributed by atoms with Crippen LogP contribution >= 0.6 is 0 Å². The Morgan fingerprint density at radius 1 is 1.40 bits per heavy atom. The average Bonchev–Trinajstić information content (AvgIpc) is 2.45. The molecule has 1 unspecified atom stereocenters. The van der Waals surface area contributed by atoms with E-state index in [1.54, 1.807) is 6.92 Å². The molecule has 0 radical (unpaired) electrons. The van der Waals surface area contributed by atoms with Crippen LogP contribution in [0.3, 0.4) is 0 Å². The molecule has 1 rings (SSSR count). The first-order valence-electron chi connectivity index (χ1n) is 7.22. The summed E-state index contributed by atoms with van der Waals surface area (Å²) in [4.78, 5) is 23.3. The lowest BCUT2D eigenvalue weighted by molar-refractivity contribution is -0.155. The Balaban J connectivity index is 2.42. The molecule has 1 heterocycles. The van der Waals surface area contributed by atoms with Crippen molar-refractivity contribution >= 4 is 11.9 Å². The summed E-state index contributed by atoms with van der Waals surface area (Å²) < 4.78 is 10.6. The second-order valence-corrected chi connectivity index (χ2v) is 5.28. The highest BCUT2D eigenvalue weighted by molar-refractivity contribution is 5.82. The van der Waals surface area contributed by atoms with Crippen molar-refractivity contribution in [3.63, 3.8) is 0 Å². The smallest absolute Gasteiger partial charge is 0.311 e. The number of nitrogens with one attached hydrogen (secondary N) is 1. The molecular weight excluding hydrogens is 262 g/mol. The van der Waals surface area contributed by atoms with E-state index in [1.807, 2.05) is 0 Å². The molecule has 0 aromatic carbocycles. The normalized spacial score (nSPS) is 19.3. The molecule has 2 N–H and O–H groups in total. The van der Waals surface area contributed by atoms with Gasteiger partial charge in [-0.05, 0) is 26.2 Å². The maximum Gasteiger partial charge on any atom is 0.311 e. The van der Waals surface area contributed by atoms with E-state index >= 15 is 0 Å². The summed E-state index contributed by atoms with van der Waals surface area (Å²) in [5, 5.41) is 12.1. The molecule has 0 aromatic heterocycles. The Kier molecular flexibility index (Phi) is 6.95. The van der Waals surface area contributed by atoms with Gasteiger partial charge in [-0.25, -0.2) is 0 Å². The van der Waals surface area contributed by atoms with E-state index in [9.17, 15) is 14.7 Å². The van der Waals surface area contributed by atoms with Gasteiger partial charge in [0.15, 0.2) is 0 Å². The van der Waals surface area contributed by atoms with Crippen molar-refractivity contribution in [1.82, 2.24) is 5.32 Å². The van der Waals surface area contributed by atoms with Crippen LogP contribution in [-0.4, -0.2) is 49.5 Å². The zero-order chi connectivity index (χ0) is 15.0. The Hall–Kier alpha value is -1.14. The van der Waals surface area contributed by atoms with Gasteiger partial charge in [0.05, 0.1) is 5.41 Å². The van der Waals surface area contributed by atoms with Crippen molar-refractivity contribution in [2.24, 2.45) is 5.41 Å². The average molecular weight is 287 g/mol. The number of amides is 1. The molecule has 1 aliphatic heterocycles. The number of unbranched alkanes of at least 4 members (excludes halogenated alkanes) is 1. The van der Waals surface area contributed by atoms with Crippen LogP contribution in [0.1, 0.15) is 39.5 Å². The second-order valence-electron chi connectivity index (χ2n) is 5.28. The predicted octanol–water partition coefficient (Wildman–Crippen LogP) is 1.19. The highest BCUT2D eigenvalue weighted by Gasteiger charge is 2.40. The number of carbonyl (C=O) groups is 2. The molecule has 116 valence electrons. The predicted molar refractivity (Wildman–Crippen MR) is 73.5 cm³/mol. The second kappa shape index (κ2) is 8.21. The maximum atomic E-state index is 11.9. The number of hydrogen-bond acceptors (Lipinski definition) is 4. The number of carboxylic acid groups (broad SMARTS) is 1. The van der Waals surface area contributed by atoms with Gasteiger partial charge in [-0.3, -0.25) is 9.59 Å². The summed E-state index contributed by atoms with van der Waals surface area (Å²) in [6.07, 6.45) is 2.22. The topological polar surface area (TPSA) is 84.9 Å². The Morgan fingerprint density at radius 2 is 2.05 bits per heavy atom. The van der Waals surface area contributed by atoms with Gasteiger partial charge in [0, 0.05) is 26.4 Å². The van der Waals surface area contributed by atoms with Gasteiger partial charge in [0.2, 0.25) is 5.91 Å². The molecule has 1 saturated heterocycles. The minimum absolute atomic E-state index is 0.131. The fraction of sp³-hybridized carbons (Fsp3) is 0.857. The monoisotopic (exact) mass is 287 g/mol. The van der Waals surface area contributed by atoms with Crippen LogP contribution in [-0.2, 0) is 19.1 Å². The molecule has 1 atom stereocenters. The summed E-state index contributed by atoms with van der Waals surface area (Å²) in [6, 6.07) is 0. The van der Waals surface area contributed by atoms with E-state index in [1.165, 1.54) is 0 Å². The number of ether oxygens (including phenoxy) is 2. The van der Waals surface area contributed by atoms with E-state index in [2.05, 4.69) is 12.2 Å². The van der Waals surface area contributed by atoms with Gasteiger partial charge < -0.3 is 19.9 Å². The van der Waals surface area contributed by atoms with Crippen LogP contribution in [0.15, 0.2) is 0 Å². The van der Waals surface area contributed by atoms with Crippen LogP contribution < -0.4 is 5.32 Å². The molecule has 0 saturated carbocycles. The molecular formula is C14H25NO5. The molecule has 0 bridgehead atoms. The van der Waals surface area contributed by atoms with Crippen LogP contribution in [0.2, 0.25) is 0 Å². The van der Waals surface area contributed by atoms with Crippen LogP contribution in [0.4, 0.5) is 0 Å². The Morgan fingerprint density at radius 3 is 2.60 bits per heavy atom. The quantitative estimate of drug-likeness (QED) is 0.655. The van der Waals surface area contributed by atoms with Gasteiger partial charge in [0.25, 0.3) is 0 Å². The SMILES string of the molecule is CCCCOC(C)C(=O)NCC1(C(=O)O)CCOCC1. The van der Waals surface area contributed by atoms with Crippen LogP contribution in [0.25, 0.3) is 0 Å². The zero-order valence-corrected chi connectivity index (χ0v) is 12.3. The van der Waals surface area contributed by atoms with Gasteiger partial charge >= 0.3 is 5.97 Å². The third kappa shape index (κ3) is 4.76. The third-order valence-corrected chi connectivity index (χ3v) is 3.74. The van der Waals surface area contributed by atoms with Crippen molar-refractivity contribution in [3.8, 4) is 0 Å². The first-order chi connectivity index (χ1) is 9.52. The zero-order valence-electron chi connectivity index (χ0n) is 12.3. The summed E-state index contributed by atoms with van der Waals surface area (Å²) in [7, 11) is 0. The van der Waals surface area contributed by atoms with E-state index in [0.29, 0.717) is 32.7 Å². The van der Waals surface area contributed by atoms with Crippen molar-refractivity contribution in [2.75, 3.05) is 26.4 Å². The number of carbonyl (C=O) groups excluding carboxylic acids is 1. The fourth-order valence-corrected chi connectivity index (χ4v) is 2.11. The first kappa shape index (κ1) is 16.9. The molecule has 1 amide bonds. The summed E-state index contributed by atoms with van der Waals surface area (Å²) >= 11 is 0. The molecule has 0 spiro atoms. The van der Waals surface area contributed by atoms with E-state index in [-0.39, 0.29) is 12.5 Å². The van der Waals surface area contributed by atoms with Crippen molar-refractivity contribution < 1.29 is 24.2 Å². The number of carboxylic acids is 1. The minimum Gasteiger partial charge on any atom is -0.481 e. The van der Waals surface area contributed by atoms with Gasteiger partial charge in [-0.15, -0.1) is 0 Å².